The number of rotatable bonds is 3. The maximum Gasteiger partial charge on any atom is 0.142 e. The van der Waals surface area contributed by atoms with E-state index in [-0.39, 0.29) is 0 Å². The molecule has 0 atom stereocenters. The second-order valence-electron chi connectivity index (χ2n) is 4.26. The molecular weight excluding hydrogens is 238 g/mol. The van der Waals surface area contributed by atoms with Gasteiger partial charge in [0.15, 0.2) is 0 Å². The predicted octanol–water partition coefficient (Wildman–Crippen LogP) is 3.21. The molecule has 0 aliphatic carbocycles. The second kappa shape index (κ2) is 4.65. The van der Waals surface area contributed by atoms with Crippen LogP contribution in [0, 0.1) is 0 Å². The highest BCUT2D eigenvalue weighted by molar-refractivity contribution is 5.89. The van der Waals surface area contributed by atoms with Crippen molar-refractivity contribution < 1.29 is 4.74 Å². The molecule has 0 bridgehead atoms. The van der Waals surface area contributed by atoms with E-state index in [1.54, 1.807) is 0 Å². The minimum absolute atomic E-state index is 0.624. The zero-order chi connectivity index (χ0) is 13.2. The Morgan fingerprint density at radius 2 is 2.00 bits per heavy atom. The molecule has 19 heavy (non-hydrogen) atoms. The molecule has 0 saturated heterocycles. The molecule has 0 aliphatic heterocycles. The fourth-order valence-electron chi connectivity index (χ4n) is 2.13. The Morgan fingerprint density at radius 1 is 1.16 bits per heavy atom. The van der Waals surface area contributed by atoms with Gasteiger partial charge >= 0.3 is 0 Å². The SMILES string of the molecule is CCOc1ccccc1-c1nc2c(N)cccc2[nH]1. The molecular formula is C15H15N3O. The summed E-state index contributed by atoms with van der Waals surface area (Å²) < 4.78 is 5.63. The van der Waals surface area contributed by atoms with Crippen molar-refractivity contribution in [1.29, 1.82) is 0 Å². The number of nitrogens with zero attached hydrogens (tertiary/aromatic N) is 1. The summed E-state index contributed by atoms with van der Waals surface area (Å²) >= 11 is 0. The zero-order valence-corrected chi connectivity index (χ0v) is 10.7. The van der Waals surface area contributed by atoms with Crippen molar-refractivity contribution in [3.63, 3.8) is 0 Å². The predicted molar refractivity (Wildman–Crippen MR) is 77.1 cm³/mol. The van der Waals surface area contributed by atoms with Gasteiger partial charge in [-0.3, -0.25) is 0 Å². The quantitative estimate of drug-likeness (QED) is 0.704. The van der Waals surface area contributed by atoms with Crippen LogP contribution in [0.1, 0.15) is 6.92 Å². The van der Waals surface area contributed by atoms with Crippen LogP contribution in [0.25, 0.3) is 22.4 Å². The summed E-state index contributed by atoms with van der Waals surface area (Å²) in [6, 6.07) is 13.6. The fraction of sp³-hybridized carbons (Fsp3) is 0.133. The Hall–Kier alpha value is -2.49. The highest BCUT2D eigenvalue weighted by atomic mass is 16.5. The van der Waals surface area contributed by atoms with Crippen LogP contribution in [0.4, 0.5) is 5.69 Å². The highest BCUT2D eigenvalue weighted by Crippen LogP contribution is 2.30. The zero-order valence-electron chi connectivity index (χ0n) is 10.7. The van der Waals surface area contributed by atoms with Gasteiger partial charge in [0.2, 0.25) is 0 Å². The number of aromatic amines is 1. The van der Waals surface area contributed by atoms with Crippen molar-refractivity contribution in [1.82, 2.24) is 9.97 Å². The van der Waals surface area contributed by atoms with Crippen LogP contribution in [0.15, 0.2) is 42.5 Å². The maximum absolute atomic E-state index is 5.93. The van der Waals surface area contributed by atoms with Crippen LogP contribution in [0.2, 0.25) is 0 Å². The van der Waals surface area contributed by atoms with Crippen LogP contribution in [0.3, 0.4) is 0 Å². The van der Waals surface area contributed by atoms with Crippen molar-refractivity contribution in [3.8, 4) is 17.1 Å². The number of nitrogen functional groups attached to an aromatic ring is 1. The minimum atomic E-state index is 0.624. The van der Waals surface area contributed by atoms with Gasteiger partial charge in [-0.1, -0.05) is 18.2 Å². The molecule has 0 saturated carbocycles. The lowest BCUT2D eigenvalue weighted by Crippen LogP contribution is -1.94. The molecule has 4 nitrogen and oxygen atoms in total. The molecule has 4 heteroatoms. The first kappa shape index (κ1) is 11.6. The number of nitrogens with two attached hydrogens (primary N) is 1. The summed E-state index contributed by atoms with van der Waals surface area (Å²) in [5, 5.41) is 0. The van der Waals surface area contributed by atoms with E-state index in [1.165, 1.54) is 0 Å². The number of hydrogen-bond donors (Lipinski definition) is 2. The number of anilines is 1. The number of ether oxygens (including phenoxy) is 1. The molecule has 0 unspecified atom stereocenters. The van der Waals surface area contributed by atoms with Crippen LogP contribution < -0.4 is 10.5 Å². The van der Waals surface area contributed by atoms with Gasteiger partial charge in [0, 0.05) is 0 Å². The van der Waals surface area contributed by atoms with Crippen LogP contribution >= 0.6 is 0 Å². The number of H-pyrrole nitrogens is 1. The summed E-state index contributed by atoms with van der Waals surface area (Å²) in [7, 11) is 0. The third kappa shape index (κ3) is 2.01. The number of nitrogens with one attached hydrogen (secondary N) is 1. The van der Waals surface area contributed by atoms with Gasteiger partial charge in [0.25, 0.3) is 0 Å². The summed E-state index contributed by atoms with van der Waals surface area (Å²) in [6.07, 6.45) is 0. The first-order chi connectivity index (χ1) is 9.29. The molecule has 1 aromatic heterocycles. The van der Waals surface area contributed by atoms with E-state index < -0.39 is 0 Å². The summed E-state index contributed by atoms with van der Waals surface area (Å²) in [6.45, 7) is 2.59. The molecule has 96 valence electrons. The Morgan fingerprint density at radius 3 is 2.79 bits per heavy atom. The minimum Gasteiger partial charge on any atom is -0.493 e. The third-order valence-corrected chi connectivity index (χ3v) is 2.99. The van der Waals surface area contributed by atoms with Crippen molar-refractivity contribution in [3.05, 3.63) is 42.5 Å². The average molecular weight is 253 g/mol. The topological polar surface area (TPSA) is 63.9 Å². The Labute approximate surface area is 111 Å². The first-order valence-corrected chi connectivity index (χ1v) is 6.26. The Bertz CT molecular complexity index is 718. The van der Waals surface area contributed by atoms with Crippen LogP contribution in [0.5, 0.6) is 5.75 Å². The monoisotopic (exact) mass is 253 g/mol. The van der Waals surface area contributed by atoms with E-state index in [1.807, 2.05) is 49.4 Å². The molecule has 3 aromatic rings. The number of benzene rings is 2. The van der Waals surface area contributed by atoms with Crippen molar-refractivity contribution in [2.75, 3.05) is 12.3 Å². The van der Waals surface area contributed by atoms with E-state index >= 15 is 0 Å². The number of imidazole rings is 1. The normalized spacial score (nSPS) is 10.8. The summed E-state index contributed by atoms with van der Waals surface area (Å²) in [5.41, 5.74) is 9.28. The standard InChI is InChI=1S/C15H15N3O/c1-2-19-13-9-4-3-6-10(13)15-17-12-8-5-7-11(16)14(12)18-15/h3-9H,2,16H2,1H3,(H,17,18). The lowest BCUT2D eigenvalue weighted by atomic mass is 10.2. The van der Waals surface area contributed by atoms with E-state index in [0.717, 1.165) is 28.2 Å². The van der Waals surface area contributed by atoms with Gasteiger partial charge in [-0.15, -0.1) is 0 Å². The number of para-hydroxylation sites is 2. The van der Waals surface area contributed by atoms with Gasteiger partial charge in [-0.2, -0.15) is 0 Å². The van der Waals surface area contributed by atoms with E-state index in [4.69, 9.17) is 10.5 Å². The Kier molecular flexibility index (Phi) is 2.83. The van der Waals surface area contributed by atoms with Gasteiger partial charge in [0.05, 0.1) is 23.4 Å². The van der Waals surface area contributed by atoms with Gasteiger partial charge < -0.3 is 15.5 Å². The molecule has 0 amide bonds. The van der Waals surface area contributed by atoms with Gasteiger partial charge in [-0.05, 0) is 31.2 Å². The van der Waals surface area contributed by atoms with Crippen molar-refractivity contribution >= 4 is 16.7 Å². The van der Waals surface area contributed by atoms with Crippen LogP contribution in [-0.2, 0) is 0 Å². The van der Waals surface area contributed by atoms with E-state index in [0.29, 0.717) is 12.3 Å². The van der Waals surface area contributed by atoms with Crippen molar-refractivity contribution in [2.24, 2.45) is 0 Å². The summed E-state index contributed by atoms with van der Waals surface area (Å²) in [5.74, 6) is 1.60. The van der Waals surface area contributed by atoms with E-state index in [9.17, 15) is 0 Å². The molecule has 0 spiro atoms. The molecule has 2 aromatic carbocycles. The van der Waals surface area contributed by atoms with Crippen LogP contribution in [-0.4, -0.2) is 16.6 Å². The average Bonchev–Trinajstić information content (AvgIpc) is 2.85. The maximum atomic E-state index is 5.93. The fourth-order valence-corrected chi connectivity index (χ4v) is 2.13. The largest absolute Gasteiger partial charge is 0.493 e. The molecule has 0 fully saturated rings. The van der Waals surface area contributed by atoms with E-state index in [2.05, 4.69) is 9.97 Å². The second-order valence-corrected chi connectivity index (χ2v) is 4.26. The van der Waals surface area contributed by atoms with Gasteiger partial charge in [-0.25, -0.2) is 4.98 Å². The van der Waals surface area contributed by atoms with Crippen molar-refractivity contribution in [2.45, 2.75) is 6.92 Å². The van der Waals surface area contributed by atoms with Gasteiger partial charge in [0.1, 0.15) is 17.1 Å². The molecule has 3 rings (SSSR count). The number of fused-ring (bicyclic) bond motifs is 1. The molecule has 0 aliphatic rings. The lowest BCUT2D eigenvalue weighted by molar-refractivity contribution is 0.341. The first-order valence-electron chi connectivity index (χ1n) is 6.26. The molecule has 3 N–H and O–H groups in total. The molecule has 1 heterocycles. The summed E-state index contributed by atoms with van der Waals surface area (Å²) in [4.78, 5) is 7.85. The smallest absolute Gasteiger partial charge is 0.142 e. The lowest BCUT2D eigenvalue weighted by Gasteiger charge is -2.07. The molecule has 0 radical (unpaired) electrons. The third-order valence-electron chi connectivity index (χ3n) is 2.99. The Balaban J connectivity index is 2.17. The highest BCUT2D eigenvalue weighted by Gasteiger charge is 2.11. The number of aromatic nitrogens is 2. The number of hydrogen-bond acceptors (Lipinski definition) is 3.